The molecule has 30 heavy (non-hydrogen) atoms. The zero-order chi connectivity index (χ0) is 20.2. The Kier molecular flexibility index (Phi) is 3.61. The predicted octanol–water partition coefficient (Wildman–Crippen LogP) is 1.91. The second kappa shape index (κ2) is 6.34. The minimum absolute atomic E-state index is 0.114. The Morgan fingerprint density at radius 3 is 2.93 bits per heavy atom. The Hall–Kier alpha value is -3.82. The number of rotatable bonds is 5. The maximum absolute atomic E-state index is 12.1. The first-order valence-corrected chi connectivity index (χ1v) is 9.78. The molecule has 0 spiro atoms. The summed E-state index contributed by atoms with van der Waals surface area (Å²) in [5.41, 5.74) is 7.66. The molecule has 2 bridgehead atoms. The second-order valence-electron chi connectivity index (χ2n) is 7.74. The number of benzene rings is 1. The van der Waals surface area contributed by atoms with E-state index in [0.29, 0.717) is 34.4 Å². The van der Waals surface area contributed by atoms with E-state index < -0.39 is 0 Å². The quantitative estimate of drug-likeness (QED) is 0.472. The third-order valence-electron chi connectivity index (χ3n) is 6.01. The lowest BCUT2D eigenvalue weighted by atomic mass is 9.88. The molecule has 1 amide bonds. The van der Waals surface area contributed by atoms with Crippen molar-refractivity contribution in [2.24, 2.45) is 23.5 Å². The van der Waals surface area contributed by atoms with Crippen molar-refractivity contribution >= 4 is 34.5 Å². The van der Waals surface area contributed by atoms with Crippen molar-refractivity contribution in [1.29, 1.82) is 0 Å². The molecule has 4 atom stereocenters. The minimum atomic E-state index is -0.294. The number of anilines is 3. The van der Waals surface area contributed by atoms with Gasteiger partial charge in [-0.15, -0.1) is 0 Å². The summed E-state index contributed by atoms with van der Waals surface area (Å²) in [4.78, 5) is 28.6. The van der Waals surface area contributed by atoms with Crippen LogP contribution in [-0.4, -0.2) is 38.7 Å². The Morgan fingerprint density at radius 1 is 1.17 bits per heavy atom. The van der Waals surface area contributed by atoms with Gasteiger partial charge in [-0.25, -0.2) is 4.98 Å². The smallest absolute Gasteiger partial charge is 0.231 e. The van der Waals surface area contributed by atoms with Crippen molar-refractivity contribution < 1.29 is 14.3 Å². The summed E-state index contributed by atoms with van der Waals surface area (Å²) in [5.74, 6) is 2.19. The number of primary amides is 1. The van der Waals surface area contributed by atoms with Gasteiger partial charge in [0, 0.05) is 17.8 Å². The number of nitrogens with one attached hydrogen (secondary N) is 3. The number of carbonyl (C=O) groups excluding carboxylic acids is 1. The number of ether oxygens (including phenoxy) is 2. The maximum Gasteiger partial charge on any atom is 0.231 e. The molecule has 2 aliphatic carbocycles. The molecule has 1 fully saturated rings. The second-order valence-corrected chi connectivity index (χ2v) is 7.74. The molecule has 2 aromatic heterocycles. The molecule has 3 aromatic rings. The lowest BCUT2D eigenvalue weighted by Gasteiger charge is -2.27. The highest BCUT2D eigenvalue weighted by Gasteiger charge is 2.47. The van der Waals surface area contributed by atoms with E-state index in [1.165, 1.54) is 0 Å². The van der Waals surface area contributed by atoms with Crippen LogP contribution in [0.15, 0.2) is 36.7 Å². The molecule has 1 saturated carbocycles. The zero-order valence-corrected chi connectivity index (χ0v) is 15.8. The zero-order valence-electron chi connectivity index (χ0n) is 15.8. The summed E-state index contributed by atoms with van der Waals surface area (Å²) in [6.07, 6.45) is 6.74. The Balaban J connectivity index is 1.33. The molecule has 5 N–H and O–H groups in total. The molecule has 3 heterocycles. The van der Waals surface area contributed by atoms with Crippen LogP contribution in [0, 0.1) is 17.8 Å². The molecule has 6 rings (SSSR count). The van der Waals surface area contributed by atoms with Crippen LogP contribution in [0.2, 0.25) is 0 Å². The van der Waals surface area contributed by atoms with Crippen LogP contribution >= 0.6 is 0 Å². The summed E-state index contributed by atoms with van der Waals surface area (Å²) in [7, 11) is 0. The summed E-state index contributed by atoms with van der Waals surface area (Å²) in [6, 6.07) is 5.41. The van der Waals surface area contributed by atoms with Gasteiger partial charge in [-0.1, -0.05) is 12.2 Å². The van der Waals surface area contributed by atoms with E-state index >= 15 is 0 Å². The normalized spacial score (nSPS) is 25.7. The average Bonchev–Trinajstić information content (AvgIpc) is 3.50. The van der Waals surface area contributed by atoms with E-state index in [1.54, 1.807) is 6.33 Å². The number of aromatic nitrogens is 4. The van der Waals surface area contributed by atoms with Gasteiger partial charge >= 0.3 is 0 Å². The first kappa shape index (κ1) is 17.1. The monoisotopic (exact) mass is 405 g/mol. The summed E-state index contributed by atoms with van der Waals surface area (Å²) < 4.78 is 10.8. The first-order chi connectivity index (χ1) is 14.7. The van der Waals surface area contributed by atoms with Crippen molar-refractivity contribution in [3.63, 3.8) is 0 Å². The number of aromatic amines is 1. The van der Waals surface area contributed by atoms with Crippen molar-refractivity contribution in [3.05, 3.63) is 36.7 Å². The highest BCUT2D eigenvalue weighted by atomic mass is 16.7. The molecule has 0 saturated heterocycles. The Morgan fingerprint density at radius 2 is 2.03 bits per heavy atom. The van der Waals surface area contributed by atoms with Gasteiger partial charge in [0.15, 0.2) is 23.0 Å². The van der Waals surface area contributed by atoms with Crippen LogP contribution in [0.25, 0.3) is 11.2 Å². The average molecular weight is 405 g/mol. The van der Waals surface area contributed by atoms with Gasteiger partial charge in [0.05, 0.1) is 12.2 Å². The van der Waals surface area contributed by atoms with Crippen LogP contribution < -0.4 is 25.8 Å². The van der Waals surface area contributed by atoms with Crippen molar-refractivity contribution in [1.82, 2.24) is 19.9 Å². The lowest BCUT2D eigenvalue weighted by Crippen LogP contribution is -2.41. The molecular formula is C20H19N7O3. The fourth-order valence-corrected chi connectivity index (χ4v) is 4.66. The van der Waals surface area contributed by atoms with Gasteiger partial charge in [-0.3, -0.25) is 4.79 Å². The van der Waals surface area contributed by atoms with E-state index in [1.807, 2.05) is 18.2 Å². The number of nitrogens with two attached hydrogens (primary N) is 1. The highest BCUT2D eigenvalue weighted by Crippen LogP contribution is 2.45. The Labute approximate surface area is 170 Å². The molecule has 4 unspecified atom stereocenters. The summed E-state index contributed by atoms with van der Waals surface area (Å²) >= 11 is 0. The number of imidazole rings is 1. The SMILES string of the molecule is NC(=O)C1C2C=CC(C2)C1Nc1nc(Nc2ccc3c(c2)OCO3)nc2nc[nH]c12. The molecule has 1 aromatic carbocycles. The highest BCUT2D eigenvalue weighted by molar-refractivity contribution is 5.85. The number of allylic oxidation sites excluding steroid dienone is 1. The molecule has 1 aliphatic heterocycles. The van der Waals surface area contributed by atoms with Crippen molar-refractivity contribution in [2.45, 2.75) is 12.5 Å². The number of hydrogen-bond acceptors (Lipinski definition) is 8. The van der Waals surface area contributed by atoms with Crippen molar-refractivity contribution in [3.8, 4) is 11.5 Å². The predicted molar refractivity (Wildman–Crippen MR) is 108 cm³/mol. The number of hydrogen-bond donors (Lipinski definition) is 4. The third-order valence-corrected chi connectivity index (χ3v) is 6.01. The first-order valence-electron chi connectivity index (χ1n) is 9.78. The van der Waals surface area contributed by atoms with Gasteiger partial charge in [-0.05, 0) is 30.4 Å². The molecule has 10 heteroatoms. The van der Waals surface area contributed by atoms with Crippen LogP contribution in [-0.2, 0) is 4.79 Å². The van der Waals surface area contributed by atoms with Crippen LogP contribution in [0.4, 0.5) is 17.5 Å². The van der Waals surface area contributed by atoms with Gasteiger partial charge in [-0.2, -0.15) is 9.97 Å². The number of H-pyrrole nitrogens is 1. The maximum atomic E-state index is 12.1. The van der Waals surface area contributed by atoms with Crippen molar-refractivity contribution in [2.75, 3.05) is 17.4 Å². The fourth-order valence-electron chi connectivity index (χ4n) is 4.66. The Bertz CT molecular complexity index is 1190. The van der Waals surface area contributed by atoms with E-state index in [9.17, 15) is 4.79 Å². The molecule has 0 radical (unpaired) electrons. The van der Waals surface area contributed by atoms with Gasteiger partial charge in [0.1, 0.15) is 5.52 Å². The lowest BCUT2D eigenvalue weighted by molar-refractivity contribution is -0.122. The standard InChI is InChI=1S/C20H19N7O3/c21-17(28)14-9-1-2-10(5-9)15(14)25-19-16-18(23-7-22-16)26-20(27-19)24-11-3-4-12-13(6-11)30-8-29-12/h1-4,6-7,9-10,14-15H,5,8H2,(H2,21,28)(H3,22,23,24,25,26,27). The number of carbonyl (C=O) groups is 1. The number of nitrogens with zero attached hydrogens (tertiary/aromatic N) is 3. The van der Waals surface area contributed by atoms with E-state index in [0.717, 1.165) is 12.1 Å². The van der Waals surface area contributed by atoms with Crippen LogP contribution in [0.1, 0.15) is 6.42 Å². The van der Waals surface area contributed by atoms with Gasteiger partial charge in [0.2, 0.25) is 18.6 Å². The third kappa shape index (κ3) is 2.64. The fraction of sp³-hybridized carbons (Fsp3) is 0.300. The van der Waals surface area contributed by atoms with E-state index in [2.05, 4.69) is 42.7 Å². The molecule has 152 valence electrons. The minimum Gasteiger partial charge on any atom is -0.454 e. The largest absolute Gasteiger partial charge is 0.454 e. The molecule has 10 nitrogen and oxygen atoms in total. The van der Waals surface area contributed by atoms with E-state index in [-0.39, 0.29) is 36.5 Å². The number of fused-ring (bicyclic) bond motifs is 4. The number of amides is 1. The topological polar surface area (TPSA) is 140 Å². The van der Waals surface area contributed by atoms with Crippen LogP contribution in [0.3, 0.4) is 0 Å². The summed E-state index contributed by atoms with van der Waals surface area (Å²) in [5, 5.41) is 6.63. The van der Waals surface area contributed by atoms with E-state index in [4.69, 9.17) is 15.2 Å². The summed E-state index contributed by atoms with van der Waals surface area (Å²) in [6.45, 7) is 0.210. The van der Waals surface area contributed by atoms with Crippen LogP contribution in [0.5, 0.6) is 11.5 Å². The molecular weight excluding hydrogens is 386 g/mol. The van der Waals surface area contributed by atoms with Gasteiger partial charge in [0.25, 0.3) is 0 Å². The van der Waals surface area contributed by atoms with Gasteiger partial charge < -0.3 is 30.8 Å². The molecule has 3 aliphatic rings.